The third-order valence-electron chi connectivity index (χ3n) is 1.84. The number of aromatic nitrogens is 2. The lowest BCUT2D eigenvalue weighted by atomic mass is 10.3. The summed E-state index contributed by atoms with van der Waals surface area (Å²) in [4.78, 5) is 11.2. The summed E-state index contributed by atoms with van der Waals surface area (Å²) < 4.78 is 6.60. The number of nitrogens with zero attached hydrogens (tertiary/aromatic N) is 2. The van der Waals surface area contributed by atoms with Crippen LogP contribution in [0.3, 0.4) is 0 Å². The second kappa shape index (κ2) is 5.47. The van der Waals surface area contributed by atoms with Crippen LogP contribution < -0.4 is 11.1 Å². The Labute approximate surface area is 88.4 Å². The van der Waals surface area contributed by atoms with Crippen molar-refractivity contribution in [2.45, 2.75) is 19.5 Å². The molecule has 3 N–H and O–H groups in total. The van der Waals surface area contributed by atoms with Crippen molar-refractivity contribution in [2.75, 3.05) is 19.0 Å². The lowest BCUT2D eigenvalue weighted by Crippen LogP contribution is -2.32. The Morgan fingerprint density at radius 3 is 3.13 bits per heavy atom. The van der Waals surface area contributed by atoms with Crippen LogP contribution in [-0.4, -0.2) is 35.4 Å². The van der Waals surface area contributed by atoms with Gasteiger partial charge in [0.1, 0.15) is 0 Å². The van der Waals surface area contributed by atoms with Gasteiger partial charge in [0, 0.05) is 13.3 Å². The smallest absolute Gasteiger partial charge is 0.241 e. The Morgan fingerprint density at radius 1 is 1.80 bits per heavy atom. The third kappa shape index (κ3) is 3.69. The Morgan fingerprint density at radius 2 is 2.53 bits per heavy atom. The van der Waals surface area contributed by atoms with E-state index in [0.29, 0.717) is 18.8 Å². The number of amides is 1. The molecule has 0 radical (unpaired) electrons. The Kier molecular flexibility index (Phi) is 4.26. The minimum Gasteiger partial charge on any atom is -0.383 e. The molecule has 1 amide bonds. The van der Waals surface area contributed by atoms with E-state index < -0.39 is 6.04 Å². The zero-order chi connectivity index (χ0) is 11.3. The van der Waals surface area contributed by atoms with Crippen LogP contribution >= 0.6 is 0 Å². The van der Waals surface area contributed by atoms with Gasteiger partial charge in [-0.15, -0.1) is 0 Å². The van der Waals surface area contributed by atoms with Crippen LogP contribution in [0.1, 0.15) is 6.92 Å². The number of carbonyl (C=O) groups is 1. The number of anilines is 1. The van der Waals surface area contributed by atoms with Crippen molar-refractivity contribution in [3.05, 3.63) is 12.4 Å². The van der Waals surface area contributed by atoms with Gasteiger partial charge in [-0.05, 0) is 6.92 Å². The van der Waals surface area contributed by atoms with Crippen molar-refractivity contribution in [1.82, 2.24) is 9.78 Å². The number of hydrogen-bond donors (Lipinski definition) is 2. The average Bonchev–Trinajstić information content (AvgIpc) is 2.62. The molecule has 0 aliphatic carbocycles. The Balaban J connectivity index is 2.49. The lowest BCUT2D eigenvalue weighted by molar-refractivity contribution is -0.117. The largest absolute Gasteiger partial charge is 0.383 e. The van der Waals surface area contributed by atoms with E-state index in [-0.39, 0.29) is 5.91 Å². The molecule has 1 atom stereocenters. The number of carbonyl (C=O) groups excluding carboxylic acids is 1. The first-order chi connectivity index (χ1) is 7.13. The monoisotopic (exact) mass is 212 g/mol. The predicted molar refractivity (Wildman–Crippen MR) is 56.4 cm³/mol. The number of hydrogen-bond acceptors (Lipinski definition) is 4. The molecule has 84 valence electrons. The van der Waals surface area contributed by atoms with Gasteiger partial charge in [0.2, 0.25) is 5.91 Å². The van der Waals surface area contributed by atoms with Crippen molar-refractivity contribution < 1.29 is 9.53 Å². The highest BCUT2D eigenvalue weighted by molar-refractivity contribution is 5.94. The van der Waals surface area contributed by atoms with Crippen molar-refractivity contribution in [2.24, 2.45) is 5.73 Å². The Bertz CT molecular complexity index is 322. The van der Waals surface area contributed by atoms with Gasteiger partial charge in [-0.2, -0.15) is 5.10 Å². The van der Waals surface area contributed by atoms with Gasteiger partial charge in [0.25, 0.3) is 0 Å². The van der Waals surface area contributed by atoms with E-state index >= 15 is 0 Å². The van der Waals surface area contributed by atoms with Gasteiger partial charge in [-0.3, -0.25) is 9.48 Å². The molecule has 1 heterocycles. The molecule has 1 rings (SSSR count). The molecule has 1 aromatic rings. The standard InChI is InChI=1S/C9H16N4O2/c1-7(10)9(14)12-8-5-11-13(6-8)3-4-15-2/h5-7H,3-4,10H2,1-2H3,(H,12,14)/t7-/m1/s1. The van der Waals surface area contributed by atoms with Gasteiger partial charge >= 0.3 is 0 Å². The molecule has 0 bridgehead atoms. The number of nitrogens with one attached hydrogen (secondary N) is 1. The fourth-order valence-corrected chi connectivity index (χ4v) is 0.991. The highest BCUT2D eigenvalue weighted by Crippen LogP contribution is 2.04. The van der Waals surface area contributed by atoms with Crippen LogP contribution in [0.15, 0.2) is 12.4 Å². The van der Waals surface area contributed by atoms with Crippen molar-refractivity contribution in [3.63, 3.8) is 0 Å². The number of ether oxygens (including phenoxy) is 1. The fourth-order valence-electron chi connectivity index (χ4n) is 0.991. The molecule has 1 aromatic heterocycles. The zero-order valence-corrected chi connectivity index (χ0v) is 8.93. The molecule has 0 aliphatic rings. The fraction of sp³-hybridized carbons (Fsp3) is 0.556. The van der Waals surface area contributed by atoms with Gasteiger partial charge in [0.05, 0.1) is 31.1 Å². The molecule has 6 heteroatoms. The van der Waals surface area contributed by atoms with E-state index in [1.165, 1.54) is 0 Å². The van der Waals surface area contributed by atoms with Crippen molar-refractivity contribution >= 4 is 11.6 Å². The van der Waals surface area contributed by atoms with E-state index in [2.05, 4.69) is 10.4 Å². The molecule has 0 fully saturated rings. The van der Waals surface area contributed by atoms with Gasteiger partial charge < -0.3 is 15.8 Å². The number of nitrogens with two attached hydrogens (primary N) is 1. The second-order valence-electron chi connectivity index (χ2n) is 3.26. The molecule has 0 saturated carbocycles. The van der Waals surface area contributed by atoms with Crippen LogP contribution in [0.5, 0.6) is 0 Å². The summed E-state index contributed by atoms with van der Waals surface area (Å²) in [7, 11) is 1.63. The maximum absolute atomic E-state index is 11.2. The third-order valence-corrected chi connectivity index (χ3v) is 1.84. The van der Waals surface area contributed by atoms with E-state index in [9.17, 15) is 4.79 Å². The van der Waals surface area contributed by atoms with Crippen molar-refractivity contribution in [1.29, 1.82) is 0 Å². The molecule has 0 spiro atoms. The maximum Gasteiger partial charge on any atom is 0.241 e. The number of rotatable bonds is 5. The van der Waals surface area contributed by atoms with Gasteiger partial charge in [0.15, 0.2) is 0 Å². The minimum absolute atomic E-state index is 0.221. The molecular weight excluding hydrogens is 196 g/mol. The summed E-state index contributed by atoms with van der Waals surface area (Å²) in [5, 5.41) is 6.70. The van der Waals surface area contributed by atoms with Gasteiger partial charge in [-0.1, -0.05) is 0 Å². The first-order valence-electron chi connectivity index (χ1n) is 4.71. The lowest BCUT2D eigenvalue weighted by Gasteiger charge is -2.04. The normalized spacial score (nSPS) is 12.5. The van der Waals surface area contributed by atoms with E-state index in [1.807, 2.05) is 0 Å². The molecule has 0 aromatic carbocycles. The first kappa shape index (κ1) is 11.7. The summed E-state index contributed by atoms with van der Waals surface area (Å²) in [5.74, 6) is -0.221. The van der Waals surface area contributed by atoms with Gasteiger partial charge in [-0.25, -0.2) is 0 Å². The summed E-state index contributed by atoms with van der Waals surface area (Å²) >= 11 is 0. The Hall–Kier alpha value is -1.40. The van der Waals surface area contributed by atoms with E-state index in [1.54, 1.807) is 31.1 Å². The summed E-state index contributed by atoms with van der Waals surface area (Å²) in [5.41, 5.74) is 6.06. The molecule has 0 unspecified atom stereocenters. The van der Waals surface area contributed by atoms with Crippen LogP contribution in [0.4, 0.5) is 5.69 Å². The number of methoxy groups -OCH3 is 1. The highest BCUT2D eigenvalue weighted by atomic mass is 16.5. The van der Waals surface area contributed by atoms with E-state index in [0.717, 1.165) is 0 Å². The first-order valence-corrected chi connectivity index (χ1v) is 4.71. The zero-order valence-electron chi connectivity index (χ0n) is 8.93. The molecule has 0 saturated heterocycles. The summed E-state index contributed by atoms with van der Waals surface area (Å²) in [6.45, 7) is 2.87. The maximum atomic E-state index is 11.2. The van der Waals surface area contributed by atoms with Crippen LogP contribution in [0.25, 0.3) is 0 Å². The molecule has 0 aliphatic heterocycles. The molecular formula is C9H16N4O2. The predicted octanol–water partition coefficient (Wildman–Crippen LogP) is -0.185. The minimum atomic E-state index is -0.521. The SMILES string of the molecule is COCCn1cc(NC(=O)[C@@H](C)N)cn1. The van der Waals surface area contributed by atoms with Crippen LogP contribution in [0.2, 0.25) is 0 Å². The van der Waals surface area contributed by atoms with Crippen LogP contribution in [-0.2, 0) is 16.1 Å². The highest BCUT2D eigenvalue weighted by Gasteiger charge is 2.08. The van der Waals surface area contributed by atoms with Crippen molar-refractivity contribution in [3.8, 4) is 0 Å². The average molecular weight is 212 g/mol. The van der Waals surface area contributed by atoms with Crippen LogP contribution in [0, 0.1) is 0 Å². The quantitative estimate of drug-likeness (QED) is 0.709. The topological polar surface area (TPSA) is 82.2 Å². The second-order valence-corrected chi connectivity index (χ2v) is 3.26. The summed E-state index contributed by atoms with van der Waals surface area (Å²) in [6.07, 6.45) is 3.31. The van der Waals surface area contributed by atoms with E-state index in [4.69, 9.17) is 10.5 Å². The molecule has 15 heavy (non-hydrogen) atoms. The molecule has 6 nitrogen and oxygen atoms in total. The summed E-state index contributed by atoms with van der Waals surface area (Å²) in [6, 6.07) is -0.521.